The quantitative estimate of drug-likeness (QED) is 0.792. The minimum absolute atomic E-state index is 0.828. The highest BCUT2D eigenvalue weighted by Gasteiger charge is 2.28. The summed E-state index contributed by atoms with van der Waals surface area (Å²) in [7, 11) is -1.15. The average Bonchev–Trinajstić information content (AvgIpc) is 2.77. The van der Waals surface area contributed by atoms with Crippen LogP contribution in [0.15, 0.2) is 24.3 Å². The Balaban J connectivity index is 1.63. The van der Waals surface area contributed by atoms with E-state index in [9.17, 15) is 0 Å². The molecule has 1 aromatic rings. The van der Waals surface area contributed by atoms with Crippen LogP contribution < -0.4 is 5.19 Å². The number of hydrogen-bond acceptors (Lipinski definition) is 2. The Labute approximate surface area is 131 Å². The van der Waals surface area contributed by atoms with Gasteiger partial charge in [0.25, 0.3) is 0 Å². The molecule has 2 nitrogen and oxygen atoms in total. The molecule has 2 heterocycles. The van der Waals surface area contributed by atoms with Gasteiger partial charge in [0.15, 0.2) is 0 Å². The summed E-state index contributed by atoms with van der Waals surface area (Å²) in [6, 6.07) is 10.3. The van der Waals surface area contributed by atoms with Gasteiger partial charge in [-0.15, -0.1) is 0 Å². The molecule has 0 spiro atoms. The van der Waals surface area contributed by atoms with Crippen molar-refractivity contribution in [1.29, 1.82) is 0 Å². The fourth-order valence-corrected chi connectivity index (χ4v) is 4.96. The van der Waals surface area contributed by atoms with Gasteiger partial charge in [-0.2, -0.15) is 0 Å². The highest BCUT2D eigenvalue weighted by Crippen LogP contribution is 2.22. The van der Waals surface area contributed by atoms with Gasteiger partial charge in [-0.25, -0.2) is 0 Å². The lowest BCUT2D eigenvalue weighted by atomic mass is 10.1. The number of benzene rings is 1. The zero-order chi connectivity index (χ0) is 14.9. The maximum absolute atomic E-state index is 2.72. The molecule has 2 saturated heterocycles. The van der Waals surface area contributed by atoms with Crippen molar-refractivity contribution in [3.63, 3.8) is 0 Å². The maximum atomic E-state index is 2.72. The average molecular weight is 303 g/mol. The normalized spacial score (nSPS) is 24.8. The maximum Gasteiger partial charge on any atom is 0.0775 e. The first-order chi connectivity index (χ1) is 10.0. The van der Waals surface area contributed by atoms with E-state index in [1.165, 1.54) is 51.0 Å². The van der Waals surface area contributed by atoms with Crippen LogP contribution in [0.4, 0.5) is 0 Å². The van der Waals surface area contributed by atoms with E-state index in [0.29, 0.717) is 0 Å². The van der Waals surface area contributed by atoms with E-state index >= 15 is 0 Å². The van der Waals surface area contributed by atoms with Crippen LogP contribution in [-0.2, 0) is 6.54 Å². The van der Waals surface area contributed by atoms with Crippen molar-refractivity contribution in [2.45, 2.75) is 51.5 Å². The molecule has 1 atom stereocenters. The summed E-state index contributed by atoms with van der Waals surface area (Å²) in [5.41, 5.74) is 1.49. The number of fused-ring (bicyclic) bond motifs is 1. The molecule has 0 N–H and O–H groups in total. The Hall–Kier alpha value is -0.643. The summed E-state index contributed by atoms with van der Waals surface area (Å²) in [4.78, 5) is 5.40. The van der Waals surface area contributed by atoms with E-state index in [2.05, 4.69) is 53.7 Å². The van der Waals surface area contributed by atoms with Crippen LogP contribution >= 0.6 is 0 Å². The molecule has 0 radical (unpaired) electrons. The largest absolute Gasteiger partial charge is 0.299 e. The molecule has 0 saturated carbocycles. The molecule has 0 aromatic heterocycles. The van der Waals surface area contributed by atoms with Crippen LogP contribution in [0, 0.1) is 0 Å². The molecule has 0 bridgehead atoms. The Kier molecular flexibility index (Phi) is 4.53. The lowest BCUT2D eigenvalue weighted by Crippen LogP contribution is -2.38. The van der Waals surface area contributed by atoms with E-state index in [1.54, 1.807) is 5.19 Å². The minimum Gasteiger partial charge on any atom is -0.299 e. The zero-order valence-electron chi connectivity index (χ0n) is 13.9. The summed E-state index contributed by atoms with van der Waals surface area (Å²) in [6.45, 7) is 13.6. The van der Waals surface area contributed by atoms with Crippen molar-refractivity contribution in [2.24, 2.45) is 0 Å². The van der Waals surface area contributed by atoms with Crippen molar-refractivity contribution in [2.75, 3.05) is 26.2 Å². The fourth-order valence-electron chi connectivity index (χ4n) is 3.79. The fraction of sp³-hybridized carbons (Fsp3) is 0.667. The third-order valence-electron chi connectivity index (χ3n) is 5.11. The molecule has 0 amide bonds. The van der Waals surface area contributed by atoms with Crippen LogP contribution in [0.5, 0.6) is 0 Å². The van der Waals surface area contributed by atoms with Crippen LogP contribution in [-0.4, -0.2) is 50.1 Å². The number of hydrogen-bond donors (Lipinski definition) is 0. The van der Waals surface area contributed by atoms with Crippen molar-refractivity contribution in [3.05, 3.63) is 29.8 Å². The Morgan fingerprint density at radius 3 is 2.43 bits per heavy atom. The topological polar surface area (TPSA) is 6.48 Å². The van der Waals surface area contributed by atoms with E-state index in [-0.39, 0.29) is 0 Å². The van der Waals surface area contributed by atoms with Crippen molar-refractivity contribution in [1.82, 2.24) is 9.80 Å². The minimum atomic E-state index is -1.15. The standard InChI is InChI=1S/C18H30N2Si/c1-21(2,3)18-9-7-16(8-10-18)14-19-11-5-13-20-12-4-6-17(20)15-19/h7-10,17H,4-6,11-15H2,1-3H3. The van der Waals surface area contributed by atoms with Crippen LogP contribution in [0.25, 0.3) is 0 Å². The monoisotopic (exact) mass is 302 g/mol. The molecule has 3 heteroatoms. The van der Waals surface area contributed by atoms with E-state index in [1.807, 2.05) is 0 Å². The Morgan fingerprint density at radius 2 is 1.71 bits per heavy atom. The molecule has 2 aliphatic rings. The highest BCUT2D eigenvalue weighted by molar-refractivity contribution is 6.88. The van der Waals surface area contributed by atoms with Crippen LogP contribution in [0.2, 0.25) is 19.6 Å². The van der Waals surface area contributed by atoms with Gasteiger partial charge in [0.2, 0.25) is 0 Å². The molecular weight excluding hydrogens is 272 g/mol. The SMILES string of the molecule is C[Si](C)(C)c1ccc(CN2CCCN3CCCC3C2)cc1. The van der Waals surface area contributed by atoms with Crippen LogP contribution in [0.1, 0.15) is 24.8 Å². The van der Waals surface area contributed by atoms with Gasteiger partial charge in [0, 0.05) is 19.1 Å². The van der Waals surface area contributed by atoms with Gasteiger partial charge in [-0.1, -0.05) is 49.1 Å². The van der Waals surface area contributed by atoms with E-state index in [0.717, 1.165) is 12.6 Å². The molecular formula is C18H30N2Si. The second-order valence-corrected chi connectivity index (χ2v) is 12.9. The van der Waals surface area contributed by atoms with Crippen LogP contribution in [0.3, 0.4) is 0 Å². The summed E-state index contributed by atoms with van der Waals surface area (Å²) in [6.07, 6.45) is 4.15. The van der Waals surface area contributed by atoms with Crippen molar-refractivity contribution >= 4 is 13.3 Å². The number of rotatable bonds is 3. The Morgan fingerprint density at radius 1 is 1.00 bits per heavy atom. The lowest BCUT2D eigenvalue weighted by molar-refractivity contribution is 0.215. The van der Waals surface area contributed by atoms with Gasteiger partial charge in [0.1, 0.15) is 0 Å². The van der Waals surface area contributed by atoms with E-state index in [4.69, 9.17) is 0 Å². The molecule has 2 fully saturated rings. The van der Waals surface area contributed by atoms with Gasteiger partial charge in [0.05, 0.1) is 8.07 Å². The molecule has 116 valence electrons. The molecule has 2 aliphatic heterocycles. The third-order valence-corrected chi connectivity index (χ3v) is 7.18. The number of nitrogens with zero attached hydrogens (tertiary/aromatic N) is 2. The molecule has 21 heavy (non-hydrogen) atoms. The second-order valence-electron chi connectivity index (χ2n) is 7.87. The second kappa shape index (κ2) is 6.23. The smallest absolute Gasteiger partial charge is 0.0775 e. The predicted molar refractivity (Wildman–Crippen MR) is 93.9 cm³/mol. The summed E-state index contributed by atoms with van der Waals surface area (Å²) < 4.78 is 0. The van der Waals surface area contributed by atoms with Gasteiger partial charge >= 0.3 is 0 Å². The molecule has 1 aromatic carbocycles. The third kappa shape index (κ3) is 3.76. The first-order valence-electron chi connectivity index (χ1n) is 8.58. The predicted octanol–water partition coefficient (Wildman–Crippen LogP) is 2.90. The van der Waals surface area contributed by atoms with Gasteiger partial charge < -0.3 is 0 Å². The van der Waals surface area contributed by atoms with Crippen molar-refractivity contribution in [3.8, 4) is 0 Å². The Bertz CT molecular complexity index is 463. The summed E-state index contributed by atoms with van der Waals surface area (Å²) >= 11 is 0. The van der Waals surface area contributed by atoms with Crippen molar-refractivity contribution < 1.29 is 0 Å². The lowest BCUT2D eigenvalue weighted by Gasteiger charge is -2.26. The highest BCUT2D eigenvalue weighted by atomic mass is 28.3. The van der Waals surface area contributed by atoms with E-state index < -0.39 is 8.07 Å². The first kappa shape index (κ1) is 15.3. The molecule has 3 rings (SSSR count). The zero-order valence-corrected chi connectivity index (χ0v) is 14.9. The summed E-state index contributed by atoms with van der Waals surface area (Å²) in [5.74, 6) is 0. The summed E-state index contributed by atoms with van der Waals surface area (Å²) in [5, 5.41) is 1.57. The van der Waals surface area contributed by atoms with Gasteiger partial charge in [-0.3, -0.25) is 9.80 Å². The van der Waals surface area contributed by atoms with Gasteiger partial charge in [-0.05, 0) is 44.5 Å². The molecule has 1 unspecified atom stereocenters. The first-order valence-corrected chi connectivity index (χ1v) is 12.1. The molecule has 0 aliphatic carbocycles.